The highest BCUT2D eigenvalue weighted by molar-refractivity contribution is 7.98. The zero-order chi connectivity index (χ0) is 14.1. The Balaban J connectivity index is 1.86. The predicted octanol–water partition coefficient (Wildman–Crippen LogP) is 4.18. The lowest BCUT2D eigenvalue weighted by Crippen LogP contribution is -1.98. The van der Waals surface area contributed by atoms with Gasteiger partial charge in [-0.05, 0) is 31.5 Å². The number of hydrogen-bond acceptors (Lipinski definition) is 5. The van der Waals surface area contributed by atoms with E-state index in [1.807, 2.05) is 12.1 Å². The van der Waals surface area contributed by atoms with Crippen LogP contribution >= 0.6 is 23.1 Å². The molecule has 0 fully saturated rings. The van der Waals surface area contributed by atoms with Gasteiger partial charge < -0.3 is 5.73 Å². The summed E-state index contributed by atoms with van der Waals surface area (Å²) in [6, 6.07) is 10.4. The topological polar surface area (TPSA) is 51.8 Å². The Bertz CT molecular complexity index is 765. The zero-order valence-corrected chi connectivity index (χ0v) is 13.0. The van der Waals surface area contributed by atoms with Gasteiger partial charge in [-0.2, -0.15) is 0 Å². The molecule has 1 aromatic carbocycles. The molecule has 102 valence electrons. The lowest BCUT2D eigenvalue weighted by molar-refractivity contribution is 1.08. The van der Waals surface area contributed by atoms with Gasteiger partial charge in [0.1, 0.15) is 16.5 Å². The van der Waals surface area contributed by atoms with E-state index in [9.17, 15) is 0 Å². The van der Waals surface area contributed by atoms with Crippen LogP contribution in [0.1, 0.15) is 16.3 Å². The smallest absolute Gasteiger partial charge is 0.142 e. The summed E-state index contributed by atoms with van der Waals surface area (Å²) < 4.78 is 0. The van der Waals surface area contributed by atoms with Crippen molar-refractivity contribution in [1.29, 1.82) is 0 Å². The Morgan fingerprint density at radius 3 is 2.80 bits per heavy atom. The third kappa shape index (κ3) is 2.64. The number of anilines is 1. The van der Waals surface area contributed by atoms with Gasteiger partial charge in [-0.1, -0.05) is 18.2 Å². The van der Waals surface area contributed by atoms with Crippen molar-refractivity contribution in [3.63, 3.8) is 0 Å². The monoisotopic (exact) mass is 301 g/mol. The largest absolute Gasteiger partial charge is 0.383 e. The second-order valence-corrected chi connectivity index (χ2v) is 6.91. The summed E-state index contributed by atoms with van der Waals surface area (Å²) in [5.74, 6) is 2.12. The van der Waals surface area contributed by atoms with Crippen molar-refractivity contribution >= 4 is 39.1 Å². The first kappa shape index (κ1) is 13.4. The molecule has 0 unspecified atom stereocenters. The molecular formula is C15H15N3S2. The lowest BCUT2D eigenvalue weighted by atomic mass is 10.2. The summed E-state index contributed by atoms with van der Waals surface area (Å²) in [5.41, 5.74) is 7.29. The van der Waals surface area contributed by atoms with Crippen LogP contribution in [-0.4, -0.2) is 9.97 Å². The molecule has 3 aromatic rings. The number of nitrogens with two attached hydrogens (primary N) is 1. The van der Waals surface area contributed by atoms with Crippen LogP contribution in [0.3, 0.4) is 0 Å². The van der Waals surface area contributed by atoms with E-state index in [4.69, 9.17) is 5.73 Å². The molecular weight excluding hydrogens is 286 g/mol. The Morgan fingerprint density at radius 2 is 2.00 bits per heavy atom. The summed E-state index contributed by atoms with van der Waals surface area (Å²) >= 11 is 3.41. The van der Waals surface area contributed by atoms with Crippen molar-refractivity contribution in [1.82, 2.24) is 9.97 Å². The van der Waals surface area contributed by atoms with Crippen molar-refractivity contribution in [2.45, 2.75) is 24.5 Å². The fourth-order valence-electron chi connectivity index (χ4n) is 2.04. The predicted molar refractivity (Wildman–Crippen MR) is 87.3 cm³/mol. The van der Waals surface area contributed by atoms with Gasteiger partial charge in [0.2, 0.25) is 0 Å². The van der Waals surface area contributed by atoms with Crippen LogP contribution in [0, 0.1) is 13.8 Å². The second-order valence-electron chi connectivity index (χ2n) is 4.66. The molecule has 0 saturated carbocycles. The number of benzene rings is 1. The van der Waals surface area contributed by atoms with Crippen LogP contribution in [0.25, 0.3) is 10.2 Å². The molecule has 0 amide bonds. The number of aromatic nitrogens is 2. The Labute approximate surface area is 126 Å². The summed E-state index contributed by atoms with van der Waals surface area (Å²) in [5, 5.41) is 0.970. The molecule has 0 saturated heterocycles. The average Bonchev–Trinajstić information content (AvgIpc) is 2.79. The first-order valence-corrected chi connectivity index (χ1v) is 8.14. The van der Waals surface area contributed by atoms with E-state index in [0.29, 0.717) is 5.82 Å². The maximum Gasteiger partial charge on any atom is 0.142 e. The highest BCUT2D eigenvalue weighted by Crippen LogP contribution is 2.29. The van der Waals surface area contributed by atoms with E-state index in [0.717, 1.165) is 21.8 Å². The van der Waals surface area contributed by atoms with Crippen LogP contribution in [-0.2, 0) is 5.75 Å². The molecule has 3 rings (SSSR count). The van der Waals surface area contributed by atoms with Crippen molar-refractivity contribution in [3.8, 4) is 0 Å². The minimum Gasteiger partial charge on any atom is -0.383 e. The number of nitrogen functional groups attached to an aromatic ring is 1. The van der Waals surface area contributed by atoms with E-state index in [-0.39, 0.29) is 0 Å². The molecule has 2 aromatic heterocycles. The van der Waals surface area contributed by atoms with Gasteiger partial charge in [0, 0.05) is 9.77 Å². The van der Waals surface area contributed by atoms with Gasteiger partial charge >= 0.3 is 0 Å². The quantitative estimate of drug-likeness (QED) is 0.737. The molecule has 0 aliphatic carbocycles. The number of thiophene rings is 1. The highest BCUT2D eigenvalue weighted by atomic mass is 32.2. The molecule has 0 radical (unpaired) electrons. The van der Waals surface area contributed by atoms with Crippen molar-refractivity contribution in [2.24, 2.45) is 0 Å². The Hall–Kier alpha value is -1.59. The van der Waals surface area contributed by atoms with E-state index in [1.165, 1.54) is 15.3 Å². The molecule has 0 aliphatic heterocycles. The standard InChI is InChI=1S/C15H15N3S2/c1-9-5-3-4-6-12(9)19-8-13-17-14(16)11-7-10(2)20-15(11)18-13/h3-7H,8H2,1-2H3,(H2,16,17,18). The van der Waals surface area contributed by atoms with Gasteiger partial charge in [-0.3, -0.25) is 0 Å². The third-order valence-electron chi connectivity index (χ3n) is 3.04. The molecule has 0 bridgehead atoms. The number of rotatable bonds is 3. The van der Waals surface area contributed by atoms with Crippen molar-refractivity contribution in [3.05, 3.63) is 46.6 Å². The van der Waals surface area contributed by atoms with Crippen LogP contribution in [0.5, 0.6) is 0 Å². The molecule has 2 N–H and O–H groups in total. The Kier molecular flexibility index (Phi) is 3.63. The lowest BCUT2D eigenvalue weighted by Gasteiger charge is -2.05. The molecule has 20 heavy (non-hydrogen) atoms. The second kappa shape index (κ2) is 5.42. The number of fused-ring (bicyclic) bond motifs is 1. The van der Waals surface area contributed by atoms with Crippen LogP contribution in [0.4, 0.5) is 5.82 Å². The van der Waals surface area contributed by atoms with Crippen LogP contribution in [0.15, 0.2) is 35.2 Å². The van der Waals surface area contributed by atoms with E-state index < -0.39 is 0 Å². The van der Waals surface area contributed by atoms with Gasteiger partial charge in [0.25, 0.3) is 0 Å². The fourth-order valence-corrected chi connectivity index (χ4v) is 3.83. The fraction of sp³-hybridized carbons (Fsp3) is 0.200. The molecule has 0 spiro atoms. The summed E-state index contributed by atoms with van der Waals surface area (Å²) in [7, 11) is 0. The van der Waals surface area contributed by atoms with Crippen LogP contribution < -0.4 is 5.73 Å². The van der Waals surface area contributed by atoms with Crippen LogP contribution in [0.2, 0.25) is 0 Å². The average molecular weight is 301 g/mol. The van der Waals surface area contributed by atoms with E-state index in [1.54, 1.807) is 23.1 Å². The number of thioether (sulfide) groups is 1. The third-order valence-corrected chi connectivity index (χ3v) is 5.16. The maximum atomic E-state index is 6.02. The Morgan fingerprint density at radius 1 is 1.20 bits per heavy atom. The maximum absolute atomic E-state index is 6.02. The first-order valence-electron chi connectivity index (χ1n) is 6.34. The number of hydrogen-bond donors (Lipinski definition) is 1. The van der Waals surface area contributed by atoms with E-state index >= 15 is 0 Å². The summed E-state index contributed by atoms with van der Waals surface area (Å²) in [4.78, 5) is 12.5. The van der Waals surface area contributed by atoms with Crippen molar-refractivity contribution < 1.29 is 0 Å². The molecule has 0 aliphatic rings. The zero-order valence-electron chi connectivity index (χ0n) is 11.4. The minimum absolute atomic E-state index is 0.583. The highest BCUT2D eigenvalue weighted by Gasteiger charge is 2.09. The molecule has 0 atom stereocenters. The molecule has 5 heteroatoms. The molecule has 2 heterocycles. The first-order chi connectivity index (χ1) is 9.63. The number of nitrogens with zero attached hydrogens (tertiary/aromatic N) is 2. The normalized spacial score (nSPS) is 11.1. The van der Waals surface area contributed by atoms with Crippen molar-refractivity contribution in [2.75, 3.05) is 5.73 Å². The molecule has 3 nitrogen and oxygen atoms in total. The van der Waals surface area contributed by atoms with Gasteiger partial charge in [-0.15, -0.1) is 23.1 Å². The minimum atomic E-state index is 0.583. The van der Waals surface area contributed by atoms with E-state index in [2.05, 4.69) is 42.0 Å². The van der Waals surface area contributed by atoms with Gasteiger partial charge in [0.05, 0.1) is 11.1 Å². The van der Waals surface area contributed by atoms with Gasteiger partial charge in [-0.25, -0.2) is 9.97 Å². The SMILES string of the molecule is Cc1cc2c(N)nc(CSc3ccccc3C)nc2s1. The summed E-state index contributed by atoms with van der Waals surface area (Å²) in [6.45, 7) is 4.18. The number of aryl methyl sites for hydroxylation is 2. The summed E-state index contributed by atoms with van der Waals surface area (Å²) in [6.07, 6.45) is 0. The van der Waals surface area contributed by atoms with Gasteiger partial charge in [0.15, 0.2) is 0 Å².